The Morgan fingerprint density at radius 2 is 2.07 bits per heavy atom. The van der Waals surface area contributed by atoms with E-state index in [2.05, 4.69) is 9.72 Å². The second-order valence-electron chi connectivity index (χ2n) is 2.30. The predicted octanol–water partition coefficient (Wildman–Crippen LogP) is 3.05. The molecule has 0 spiro atoms. The summed E-state index contributed by atoms with van der Waals surface area (Å²) in [7, 11) is 0. The van der Waals surface area contributed by atoms with E-state index in [0.717, 1.165) is 12.3 Å². The number of ether oxygens (including phenoxy) is 1. The lowest BCUT2D eigenvalue weighted by atomic mass is 10.3. The van der Waals surface area contributed by atoms with Crippen molar-refractivity contribution in [2.75, 3.05) is 0 Å². The van der Waals surface area contributed by atoms with E-state index >= 15 is 0 Å². The highest BCUT2D eigenvalue weighted by Crippen LogP contribution is 2.24. The van der Waals surface area contributed by atoms with Crippen LogP contribution in [0.1, 0.15) is 5.56 Å². The van der Waals surface area contributed by atoms with Crippen molar-refractivity contribution in [3.63, 3.8) is 0 Å². The van der Waals surface area contributed by atoms with Crippen LogP contribution in [0.25, 0.3) is 0 Å². The molecular weight excluding hydrogens is 317 g/mol. The van der Waals surface area contributed by atoms with Crippen molar-refractivity contribution in [1.82, 2.24) is 4.98 Å². The van der Waals surface area contributed by atoms with E-state index in [-0.39, 0.29) is 5.56 Å². The van der Waals surface area contributed by atoms with Gasteiger partial charge in [0.15, 0.2) is 0 Å². The number of alkyl halides is 4. The molecule has 0 N–H and O–H groups in total. The number of pyridine rings is 1. The van der Waals surface area contributed by atoms with Gasteiger partial charge in [0.1, 0.15) is 16.1 Å². The van der Waals surface area contributed by atoms with Gasteiger partial charge in [-0.05, 0) is 28.7 Å². The third-order valence-electron chi connectivity index (χ3n) is 1.26. The normalized spacial score (nSPS) is 11.5. The minimum atomic E-state index is -4.78. The molecule has 14 heavy (non-hydrogen) atoms. The maximum absolute atomic E-state index is 12.2. The van der Waals surface area contributed by atoms with Crippen LogP contribution in [0.2, 0.25) is 0 Å². The fourth-order valence-electron chi connectivity index (χ4n) is 0.755. The number of nitrogens with zero attached hydrogens (tertiary/aromatic N) is 1. The fraction of sp³-hybridized carbons (Fsp3) is 0.286. The Bertz CT molecular complexity index is 328. The molecule has 0 radical (unpaired) electrons. The summed E-state index contributed by atoms with van der Waals surface area (Å²) in [4.78, 5) is 3.56. The minimum absolute atomic E-state index is 0.0763. The molecule has 0 aliphatic carbocycles. The van der Waals surface area contributed by atoms with E-state index in [1.165, 1.54) is 0 Å². The van der Waals surface area contributed by atoms with Crippen LogP contribution >= 0.6 is 22.6 Å². The van der Waals surface area contributed by atoms with Crippen LogP contribution in [0.15, 0.2) is 12.3 Å². The van der Waals surface area contributed by atoms with Crippen molar-refractivity contribution in [3.05, 3.63) is 21.5 Å². The first-order chi connectivity index (χ1) is 6.42. The van der Waals surface area contributed by atoms with Crippen LogP contribution in [0, 0.1) is 3.70 Å². The molecule has 1 aromatic heterocycles. The van der Waals surface area contributed by atoms with Crippen molar-refractivity contribution in [2.24, 2.45) is 0 Å². The van der Waals surface area contributed by atoms with E-state index in [4.69, 9.17) is 0 Å². The van der Waals surface area contributed by atoms with E-state index in [1.807, 2.05) is 0 Å². The number of hydrogen-bond acceptors (Lipinski definition) is 2. The van der Waals surface area contributed by atoms with Crippen molar-refractivity contribution >= 4 is 22.6 Å². The van der Waals surface area contributed by atoms with Gasteiger partial charge >= 0.3 is 6.36 Å². The number of hydrogen-bond donors (Lipinski definition) is 0. The predicted molar refractivity (Wildman–Crippen MR) is 48.4 cm³/mol. The molecule has 0 fully saturated rings. The highest BCUT2D eigenvalue weighted by molar-refractivity contribution is 14.1. The smallest absolute Gasteiger partial charge is 0.404 e. The fourth-order valence-corrected chi connectivity index (χ4v) is 1.19. The summed E-state index contributed by atoms with van der Waals surface area (Å²) in [6.07, 6.45) is -3.88. The zero-order valence-electron chi connectivity index (χ0n) is 6.61. The molecule has 0 bridgehead atoms. The number of halogens is 5. The third-order valence-corrected chi connectivity index (χ3v) is 2.24. The third kappa shape index (κ3) is 3.28. The Balaban J connectivity index is 2.90. The van der Waals surface area contributed by atoms with Gasteiger partial charge in [-0.1, -0.05) is 0 Å². The summed E-state index contributed by atoms with van der Waals surface area (Å²) < 4.78 is 51.3. The van der Waals surface area contributed by atoms with Gasteiger partial charge in [0.25, 0.3) is 0 Å². The average Bonchev–Trinajstić information content (AvgIpc) is 2.06. The first kappa shape index (κ1) is 11.5. The molecule has 0 aliphatic heterocycles. The minimum Gasteiger partial charge on any atom is -0.404 e. The molecule has 0 unspecified atom stereocenters. The Labute approximate surface area is 90.4 Å². The lowest BCUT2D eigenvalue weighted by molar-refractivity contribution is -0.274. The van der Waals surface area contributed by atoms with Gasteiger partial charge in [0.2, 0.25) is 0 Å². The van der Waals surface area contributed by atoms with Crippen LogP contribution in [-0.4, -0.2) is 11.3 Å². The molecule has 0 aromatic carbocycles. The largest absolute Gasteiger partial charge is 0.573 e. The van der Waals surface area contributed by atoms with Gasteiger partial charge in [0.05, 0.1) is 6.20 Å². The maximum Gasteiger partial charge on any atom is 0.573 e. The Morgan fingerprint density at radius 1 is 1.43 bits per heavy atom. The SMILES string of the molecule is FCc1cc(OC(F)(F)F)cnc1I. The van der Waals surface area contributed by atoms with Gasteiger partial charge in [-0.15, -0.1) is 13.2 Å². The zero-order valence-corrected chi connectivity index (χ0v) is 8.76. The van der Waals surface area contributed by atoms with Crippen LogP contribution < -0.4 is 4.74 Å². The first-order valence-corrected chi connectivity index (χ1v) is 4.46. The topological polar surface area (TPSA) is 22.1 Å². The van der Waals surface area contributed by atoms with Crippen LogP contribution in [0.3, 0.4) is 0 Å². The molecule has 0 saturated heterocycles. The monoisotopic (exact) mass is 321 g/mol. The Kier molecular flexibility index (Phi) is 3.51. The summed E-state index contributed by atoms with van der Waals surface area (Å²) in [6, 6.07) is 0.974. The van der Waals surface area contributed by atoms with Crippen molar-refractivity contribution < 1.29 is 22.3 Å². The average molecular weight is 321 g/mol. The quantitative estimate of drug-likeness (QED) is 0.474. The first-order valence-electron chi connectivity index (χ1n) is 3.38. The van der Waals surface area contributed by atoms with Crippen LogP contribution in [0.5, 0.6) is 5.75 Å². The van der Waals surface area contributed by atoms with Gasteiger partial charge in [-0.25, -0.2) is 9.37 Å². The van der Waals surface area contributed by atoms with Gasteiger partial charge in [-0.2, -0.15) is 0 Å². The second kappa shape index (κ2) is 4.28. The molecule has 1 rings (SSSR count). The van der Waals surface area contributed by atoms with Crippen molar-refractivity contribution in [1.29, 1.82) is 0 Å². The van der Waals surface area contributed by atoms with E-state index in [0.29, 0.717) is 3.70 Å². The second-order valence-corrected chi connectivity index (χ2v) is 3.32. The van der Waals surface area contributed by atoms with E-state index in [1.54, 1.807) is 22.6 Å². The molecule has 1 heterocycles. The molecule has 7 heteroatoms. The highest BCUT2D eigenvalue weighted by atomic mass is 127. The Morgan fingerprint density at radius 3 is 2.57 bits per heavy atom. The summed E-state index contributed by atoms with van der Waals surface area (Å²) >= 11 is 1.73. The molecule has 78 valence electrons. The Hall–Kier alpha value is -0.600. The lowest BCUT2D eigenvalue weighted by Gasteiger charge is -2.09. The van der Waals surface area contributed by atoms with Crippen LogP contribution in [0.4, 0.5) is 17.6 Å². The molecule has 1 aromatic rings. The van der Waals surface area contributed by atoms with E-state index < -0.39 is 18.8 Å². The highest BCUT2D eigenvalue weighted by Gasteiger charge is 2.31. The summed E-state index contributed by atoms with van der Waals surface area (Å²) in [5.74, 6) is -0.509. The summed E-state index contributed by atoms with van der Waals surface area (Å²) in [5.41, 5.74) is 0.0763. The molecule has 0 atom stereocenters. The molecule has 0 amide bonds. The van der Waals surface area contributed by atoms with Crippen molar-refractivity contribution in [2.45, 2.75) is 13.0 Å². The number of rotatable bonds is 2. The molecular formula is C7H4F4INO. The van der Waals surface area contributed by atoms with Gasteiger partial charge in [0, 0.05) is 5.56 Å². The van der Waals surface area contributed by atoms with Gasteiger partial charge in [-0.3, -0.25) is 0 Å². The maximum atomic E-state index is 12.2. The number of aromatic nitrogens is 1. The molecule has 2 nitrogen and oxygen atoms in total. The summed E-state index contributed by atoms with van der Waals surface area (Å²) in [5, 5.41) is 0. The van der Waals surface area contributed by atoms with Crippen molar-refractivity contribution in [3.8, 4) is 5.75 Å². The standard InChI is InChI=1S/C7H4F4INO/c8-2-4-1-5(3-13-6(4)12)14-7(9,10)11/h1,3H,2H2. The summed E-state index contributed by atoms with van der Waals surface area (Å²) in [6.45, 7) is -0.875. The molecule has 0 saturated carbocycles. The van der Waals surface area contributed by atoms with Gasteiger partial charge < -0.3 is 4.74 Å². The van der Waals surface area contributed by atoms with E-state index in [9.17, 15) is 17.6 Å². The van der Waals surface area contributed by atoms with Crippen LogP contribution in [-0.2, 0) is 6.67 Å². The zero-order chi connectivity index (χ0) is 10.8. The molecule has 0 aliphatic rings. The lowest BCUT2D eigenvalue weighted by Crippen LogP contribution is -2.17.